The van der Waals surface area contributed by atoms with Gasteiger partial charge in [0.25, 0.3) is 0 Å². The average Bonchev–Trinajstić information content (AvgIpc) is 3.04. The van der Waals surface area contributed by atoms with E-state index in [1.165, 1.54) is 6.07 Å². The minimum atomic E-state index is -4.44. The van der Waals surface area contributed by atoms with Gasteiger partial charge in [-0.25, -0.2) is 0 Å². The van der Waals surface area contributed by atoms with Crippen LogP contribution >= 0.6 is 0 Å². The molecule has 2 N–H and O–H groups in total. The highest BCUT2D eigenvalue weighted by atomic mass is 19.4. The van der Waals surface area contributed by atoms with Gasteiger partial charge < -0.3 is 10.4 Å². The first-order valence-corrected chi connectivity index (χ1v) is 8.43. The van der Waals surface area contributed by atoms with Crippen molar-refractivity contribution in [2.24, 2.45) is 0 Å². The lowest BCUT2D eigenvalue weighted by atomic mass is 9.77. The maximum absolute atomic E-state index is 13.0. The minimum Gasteiger partial charge on any atom is -0.481 e. The molecule has 0 radical (unpaired) electrons. The quantitative estimate of drug-likeness (QED) is 0.728. The topological polar surface area (TPSA) is 66.4 Å². The molecule has 4 nitrogen and oxygen atoms in total. The zero-order valence-electron chi connectivity index (χ0n) is 13.9. The van der Waals surface area contributed by atoms with Crippen molar-refractivity contribution >= 4 is 11.9 Å². The molecule has 0 heterocycles. The second-order valence-corrected chi connectivity index (χ2v) is 6.47. The zero-order valence-corrected chi connectivity index (χ0v) is 13.9. The van der Waals surface area contributed by atoms with E-state index < -0.39 is 23.1 Å². The van der Waals surface area contributed by atoms with Crippen molar-refractivity contribution < 1.29 is 27.9 Å². The number of aliphatic carboxylic acids is 1. The Morgan fingerprint density at radius 1 is 1.16 bits per heavy atom. The van der Waals surface area contributed by atoms with E-state index >= 15 is 0 Å². The number of benzene rings is 1. The lowest BCUT2D eigenvalue weighted by Gasteiger charge is -2.29. The number of halogens is 3. The van der Waals surface area contributed by atoms with Gasteiger partial charge in [0.1, 0.15) is 0 Å². The Bertz CT molecular complexity index is 622. The number of carboxylic acids is 1. The molecule has 7 heteroatoms. The van der Waals surface area contributed by atoms with Crippen LogP contribution in [0.2, 0.25) is 0 Å². The van der Waals surface area contributed by atoms with Gasteiger partial charge in [0, 0.05) is 13.0 Å². The van der Waals surface area contributed by atoms with Crippen LogP contribution in [-0.4, -0.2) is 23.5 Å². The van der Waals surface area contributed by atoms with Gasteiger partial charge >= 0.3 is 12.1 Å². The number of amides is 1. The van der Waals surface area contributed by atoms with Gasteiger partial charge in [-0.1, -0.05) is 31.0 Å². The van der Waals surface area contributed by atoms with Gasteiger partial charge in [-0.15, -0.1) is 0 Å². The molecule has 0 bridgehead atoms. The number of carboxylic acid groups (broad SMARTS) is 1. The van der Waals surface area contributed by atoms with Gasteiger partial charge in [0.15, 0.2) is 0 Å². The number of unbranched alkanes of at least 4 members (excludes halogenated alkanes) is 1. The zero-order chi connectivity index (χ0) is 18.5. The Balaban J connectivity index is 2.10. The first-order valence-electron chi connectivity index (χ1n) is 8.43. The predicted octanol–water partition coefficient (Wildman–Crippen LogP) is 3.89. The molecule has 1 saturated carbocycles. The number of nitrogens with one attached hydrogen (secondary N) is 1. The largest absolute Gasteiger partial charge is 0.481 e. The number of rotatable bonds is 7. The molecule has 0 atom stereocenters. The second-order valence-electron chi connectivity index (χ2n) is 6.47. The van der Waals surface area contributed by atoms with E-state index in [0.717, 1.165) is 25.0 Å². The maximum Gasteiger partial charge on any atom is 0.416 e. The van der Waals surface area contributed by atoms with Crippen molar-refractivity contribution in [3.63, 3.8) is 0 Å². The van der Waals surface area contributed by atoms with Gasteiger partial charge in [-0.3, -0.25) is 9.59 Å². The van der Waals surface area contributed by atoms with Crippen molar-refractivity contribution in [1.29, 1.82) is 0 Å². The van der Waals surface area contributed by atoms with Crippen LogP contribution in [0.4, 0.5) is 13.2 Å². The Labute approximate surface area is 144 Å². The van der Waals surface area contributed by atoms with Crippen LogP contribution < -0.4 is 5.32 Å². The summed E-state index contributed by atoms with van der Waals surface area (Å²) in [6, 6.07) is 5.02. The van der Waals surface area contributed by atoms with Crippen LogP contribution in [-0.2, 0) is 21.2 Å². The highest BCUT2D eigenvalue weighted by Gasteiger charge is 2.43. The minimum absolute atomic E-state index is 0.0364. The highest BCUT2D eigenvalue weighted by Crippen LogP contribution is 2.43. The van der Waals surface area contributed by atoms with Crippen LogP contribution in [0.15, 0.2) is 24.3 Å². The Morgan fingerprint density at radius 3 is 2.44 bits per heavy atom. The Morgan fingerprint density at radius 2 is 1.84 bits per heavy atom. The van der Waals surface area contributed by atoms with Crippen molar-refractivity contribution in [1.82, 2.24) is 5.32 Å². The van der Waals surface area contributed by atoms with Crippen LogP contribution in [0.3, 0.4) is 0 Å². The van der Waals surface area contributed by atoms with Gasteiger partial charge in [-0.05, 0) is 37.3 Å². The molecule has 0 aliphatic heterocycles. The highest BCUT2D eigenvalue weighted by molar-refractivity contribution is 5.88. The van der Waals surface area contributed by atoms with Crippen molar-refractivity contribution in [2.75, 3.05) is 6.54 Å². The molecule has 1 amide bonds. The summed E-state index contributed by atoms with van der Waals surface area (Å²) in [5, 5.41) is 11.4. The first kappa shape index (κ1) is 19.3. The van der Waals surface area contributed by atoms with E-state index in [9.17, 15) is 22.8 Å². The van der Waals surface area contributed by atoms with Crippen LogP contribution in [0, 0.1) is 0 Å². The summed E-state index contributed by atoms with van der Waals surface area (Å²) in [4.78, 5) is 23.2. The molecule has 25 heavy (non-hydrogen) atoms. The fraction of sp³-hybridized carbons (Fsp3) is 0.556. The Hall–Kier alpha value is -2.05. The van der Waals surface area contributed by atoms with E-state index in [-0.39, 0.29) is 12.3 Å². The smallest absolute Gasteiger partial charge is 0.416 e. The number of carbonyl (C=O) groups is 2. The summed E-state index contributed by atoms with van der Waals surface area (Å²) in [6.07, 6.45) is -0.795. The molecule has 0 unspecified atom stereocenters. The van der Waals surface area contributed by atoms with Crippen LogP contribution in [0.5, 0.6) is 0 Å². The summed E-state index contributed by atoms with van der Waals surface area (Å²) in [7, 11) is 0. The third kappa shape index (κ3) is 4.74. The summed E-state index contributed by atoms with van der Waals surface area (Å²) < 4.78 is 39.0. The first-order chi connectivity index (χ1) is 11.8. The molecule has 138 valence electrons. The third-order valence-electron chi connectivity index (χ3n) is 4.74. The van der Waals surface area contributed by atoms with E-state index in [1.54, 1.807) is 6.07 Å². The molecule has 1 aliphatic rings. The SMILES string of the molecule is O=C(O)CCCCNC(=O)C1(c2cccc(C(F)(F)F)c2)CCCC1. The predicted molar refractivity (Wildman–Crippen MR) is 86.1 cm³/mol. The molecule has 1 fully saturated rings. The van der Waals surface area contributed by atoms with E-state index in [4.69, 9.17) is 5.11 Å². The normalized spacial score (nSPS) is 16.6. The number of alkyl halides is 3. The summed E-state index contributed by atoms with van der Waals surface area (Å²) >= 11 is 0. The average molecular weight is 357 g/mol. The van der Waals surface area contributed by atoms with Gasteiger partial charge in [-0.2, -0.15) is 13.2 Å². The fourth-order valence-corrected chi connectivity index (χ4v) is 3.39. The Kier molecular flexibility index (Phi) is 6.08. The molecule has 0 saturated heterocycles. The number of hydrogen-bond donors (Lipinski definition) is 2. The monoisotopic (exact) mass is 357 g/mol. The molecule has 1 aromatic rings. The maximum atomic E-state index is 13.0. The lowest BCUT2D eigenvalue weighted by molar-refractivity contribution is -0.138. The van der Waals surface area contributed by atoms with Crippen LogP contribution in [0.1, 0.15) is 56.1 Å². The van der Waals surface area contributed by atoms with Crippen molar-refractivity contribution in [3.8, 4) is 0 Å². The third-order valence-corrected chi connectivity index (χ3v) is 4.74. The summed E-state index contributed by atoms with van der Waals surface area (Å²) in [5.41, 5.74) is -1.26. The molecule has 0 spiro atoms. The molecular weight excluding hydrogens is 335 g/mol. The number of hydrogen-bond acceptors (Lipinski definition) is 2. The molecule has 1 aliphatic carbocycles. The van der Waals surface area contributed by atoms with Gasteiger partial charge in [0.05, 0.1) is 11.0 Å². The second kappa shape index (κ2) is 7.89. The molecule has 2 rings (SSSR count). The van der Waals surface area contributed by atoms with Crippen molar-refractivity contribution in [2.45, 2.75) is 56.5 Å². The van der Waals surface area contributed by atoms with E-state index in [0.29, 0.717) is 37.8 Å². The van der Waals surface area contributed by atoms with Crippen molar-refractivity contribution in [3.05, 3.63) is 35.4 Å². The molecule has 0 aromatic heterocycles. The van der Waals surface area contributed by atoms with Gasteiger partial charge in [0.2, 0.25) is 5.91 Å². The molecule has 1 aromatic carbocycles. The van der Waals surface area contributed by atoms with Crippen LogP contribution in [0.25, 0.3) is 0 Å². The van der Waals surface area contributed by atoms with E-state index in [2.05, 4.69) is 5.32 Å². The standard InChI is InChI=1S/C18H22F3NO3/c19-18(20,21)14-7-5-6-13(12-14)17(9-2-3-10-17)16(25)22-11-4-1-8-15(23)24/h5-7,12H,1-4,8-11H2,(H,22,25)(H,23,24). The molecular formula is C18H22F3NO3. The fourth-order valence-electron chi connectivity index (χ4n) is 3.39. The lowest BCUT2D eigenvalue weighted by Crippen LogP contribution is -2.43. The summed E-state index contributed by atoms with van der Waals surface area (Å²) in [6.45, 7) is 0.326. The summed E-state index contributed by atoms with van der Waals surface area (Å²) in [5.74, 6) is -1.15. The van der Waals surface area contributed by atoms with E-state index in [1.807, 2.05) is 0 Å². The number of carbonyl (C=O) groups excluding carboxylic acids is 1.